The lowest BCUT2D eigenvalue weighted by Gasteiger charge is -2.28. The Labute approximate surface area is 291 Å². The smallest absolute Gasteiger partial charge is 0.410 e. The van der Waals surface area contributed by atoms with Gasteiger partial charge >= 0.3 is 6.09 Å². The zero-order chi connectivity index (χ0) is 36.2. The largest absolute Gasteiger partial charge is 0.497 e. The number of carbonyl (C=O) groups is 3. The molecule has 3 aromatic rings. The Morgan fingerprint density at radius 3 is 2.46 bits per heavy atom. The molecule has 1 saturated heterocycles. The van der Waals surface area contributed by atoms with Gasteiger partial charge in [-0.25, -0.2) is 18.6 Å². The summed E-state index contributed by atoms with van der Waals surface area (Å²) in [5.74, 6) is -0.579. The average molecular weight is 694 g/mol. The summed E-state index contributed by atoms with van der Waals surface area (Å²) in [6.07, 6.45) is 1.32. The van der Waals surface area contributed by atoms with Crippen LogP contribution in [0, 0.1) is 17.6 Å². The molecule has 1 aliphatic heterocycles. The van der Waals surface area contributed by atoms with E-state index in [4.69, 9.17) is 14.2 Å². The zero-order valence-electron chi connectivity index (χ0n) is 29.3. The van der Waals surface area contributed by atoms with Crippen molar-refractivity contribution in [2.75, 3.05) is 26.1 Å². The molecule has 268 valence electrons. The number of aryl methyl sites for hydroxylation is 1. The Hall–Kier alpha value is -4.94. The van der Waals surface area contributed by atoms with Gasteiger partial charge in [-0.05, 0) is 101 Å². The van der Waals surface area contributed by atoms with Crippen molar-refractivity contribution in [1.82, 2.24) is 20.5 Å². The molecule has 11 nitrogen and oxygen atoms in total. The van der Waals surface area contributed by atoms with Crippen molar-refractivity contribution in [3.63, 3.8) is 0 Å². The Balaban J connectivity index is 1.21. The second-order valence-corrected chi connectivity index (χ2v) is 13.8. The first-order valence-corrected chi connectivity index (χ1v) is 16.7. The average Bonchev–Trinajstić information content (AvgIpc) is 3.67. The van der Waals surface area contributed by atoms with E-state index >= 15 is 4.39 Å². The Bertz CT molecular complexity index is 1710. The fourth-order valence-corrected chi connectivity index (χ4v) is 6.40. The summed E-state index contributed by atoms with van der Waals surface area (Å²) in [7, 11) is 3.11. The third-order valence-electron chi connectivity index (χ3n) is 8.90. The van der Waals surface area contributed by atoms with Crippen LogP contribution in [0.2, 0.25) is 0 Å². The molecule has 2 heterocycles. The fraction of sp³-hybridized carbons (Fsp3) is 0.459. The van der Waals surface area contributed by atoms with E-state index in [9.17, 15) is 18.8 Å². The molecular weight excluding hydrogens is 648 g/mol. The zero-order valence-corrected chi connectivity index (χ0v) is 29.3. The van der Waals surface area contributed by atoms with Gasteiger partial charge in [-0.15, -0.1) is 0 Å². The van der Waals surface area contributed by atoms with Crippen LogP contribution in [-0.2, 0) is 33.7 Å². The van der Waals surface area contributed by atoms with Gasteiger partial charge < -0.3 is 30.2 Å². The van der Waals surface area contributed by atoms with Crippen molar-refractivity contribution < 1.29 is 37.4 Å². The van der Waals surface area contributed by atoms with Gasteiger partial charge in [-0.2, -0.15) is 0 Å². The van der Waals surface area contributed by atoms with E-state index in [1.54, 1.807) is 66.2 Å². The summed E-state index contributed by atoms with van der Waals surface area (Å²) >= 11 is 0. The number of likely N-dealkylation sites (tertiary alicyclic amines) is 1. The number of fused-ring (bicyclic) bond motifs is 1. The minimum Gasteiger partial charge on any atom is -0.497 e. The molecule has 13 heteroatoms. The summed E-state index contributed by atoms with van der Waals surface area (Å²) < 4.78 is 45.0. The van der Waals surface area contributed by atoms with Crippen LogP contribution >= 0.6 is 0 Å². The topological polar surface area (TPSA) is 131 Å². The molecule has 0 spiro atoms. The molecule has 0 saturated carbocycles. The second kappa shape index (κ2) is 15.3. The highest BCUT2D eigenvalue weighted by Gasteiger charge is 2.42. The van der Waals surface area contributed by atoms with Crippen LogP contribution in [0.4, 0.5) is 19.4 Å². The van der Waals surface area contributed by atoms with Gasteiger partial charge in [-0.1, -0.05) is 12.1 Å². The molecule has 1 aromatic heterocycles. The maximum atomic E-state index is 15.2. The van der Waals surface area contributed by atoms with Crippen LogP contribution in [-0.4, -0.2) is 66.2 Å². The highest BCUT2D eigenvalue weighted by molar-refractivity contribution is 5.91. The molecule has 1 fully saturated rings. The van der Waals surface area contributed by atoms with Crippen molar-refractivity contribution in [1.29, 1.82) is 0 Å². The normalized spacial score (nSPS) is 19.0. The molecule has 0 bridgehead atoms. The summed E-state index contributed by atoms with van der Waals surface area (Å²) in [4.78, 5) is 45.9. The number of amides is 3. The Morgan fingerprint density at radius 2 is 1.78 bits per heavy atom. The molecule has 0 radical (unpaired) electrons. The third kappa shape index (κ3) is 8.80. The van der Waals surface area contributed by atoms with Gasteiger partial charge in [0.15, 0.2) is 11.6 Å². The van der Waals surface area contributed by atoms with E-state index in [2.05, 4.69) is 20.9 Å². The molecule has 1 aliphatic carbocycles. The molecular formula is C37H45F2N5O6. The van der Waals surface area contributed by atoms with Crippen molar-refractivity contribution in [3.05, 3.63) is 82.5 Å². The number of hydrogen-bond donors (Lipinski definition) is 3. The molecule has 2 aromatic carbocycles. The first-order chi connectivity index (χ1) is 23.7. The standard InChI is InChI=1S/C37H45F2N5O6/c1-21(41-35(46)31-16-23(15-22-7-10-25(38)11-8-22)20-44(31)36(47)50-37(2,3)4)34(45)43-30-14-13-29-27(30)18-28(39)33(42-29)40-19-24-9-12-26(48-5)17-32(24)49-6/h7-12,17-18,21,23,30-31H,13-16,19-20H2,1-6H3,(H,40,42)(H,41,46)(H,43,45)/t21-,23-,30?,31+/m0/s1. The van der Waals surface area contributed by atoms with E-state index in [0.717, 1.165) is 11.1 Å². The number of nitrogens with zero attached hydrogens (tertiary/aromatic N) is 2. The molecule has 3 N–H and O–H groups in total. The number of nitrogens with one attached hydrogen (secondary N) is 3. The van der Waals surface area contributed by atoms with E-state index in [1.165, 1.54) is 23.1 Å². The first-order valence-electron chi connectivity index (χ1n) is 16.7. The monoisotopic (exact) mass is 693 g/mol. The predicted molar refractivity (Wildman–Crippen MR) is 183 cm³/mol. The third-order valence-corrected chi connectivity index (χ3v) is 8.90. The summed E-state index contributed by atoms with van der Waals surface area (Å²) in [6, 6.07) is 10.6. The molecule has 3 amide bonds. The van der Waals surface area contributed by atoms with E-state index < -0.39 is 47.5 Å². The number of hydrogen-bond acceptors (Lipinski definition) is 8. The number of methoxy groups -OCH3 is 2. The lowest BCUT2D eigenvalue weighted by atomic mass is 9.96. The lowest BCUT2D eigenvalue weighted by Crippen LogP contribution is -2.52. The van der Waals surface area contributed by atoms with E-state index in [1.807, 2.05) is 6.07 Å². The van der Waals surface area contributed by atoms with E-state index in [0.29, 0.717) is 48.4 Å². The molecule has 4 atom stereocenters. The lowest BCUT2D eigenvalue weighted by molar-refractivity contribution is -0.131. The Kier molecular flexibility index (Phi) is 11.1. The van der Waals surface area contributed by atoms with Crippen LogP contribution < -0.4 is 25.4 Å². The van der Waals surface area contributed by atoms with Crippen LogP contribution in [0.15, 0.2) is 48.5 Å². The van der Waals surface area contributed by atoms with Crippen molar-refractivity contribution in [2.24, 2.45) is 5.92 Å². The minimum atomic E-state index is -0.943. The van der Waals surface area contributed by atoms with E-state index in [-0.39, 0.29) is 30.6 Å². The SMILES string of the molecule is COc1ccc(CNc2nc3c(cc2F)C(NC(=O)[C@H](C)NC(=O)[C@H]2C[C@H](Cc4ccc(F)cc4)CN2C(=O)OC(C)(C)C)CC3)c(OC)c1. The fourth-order valence-electron chi connectivity index (χ4n) is 6.40. The number of rotatable bonds is 11. The number of aromatic nitrogens is 1. The van der Waals surface area contributed by atoms with Crippen LogP contribution in [0.25, 0.3) is 0 Å². The summed E-state index contributed by atoms with van der Waals surface area (Å²) in [6.45, 7) is 7.35. The summed E-state index contributed by atoms with van der Waals surface area (Å²) in [5.41, 5.74) is 2.16. The maximum absolute atomic E-state index is 15.2. The minimum absolute atomic E-state index is 0.0807. The molecule has 50 heavy (non-hydrogen) atoms. The van der Waals surface area contributed by atoms with Crippen molar-refractivity contribution in [3.8, 4) is 11.5 Å². The second-order valence-electron chi connectivity index (χ2n) is 13.8. The number of halogens is 2. The number of benzene rings is 2. The number of anilines is 1. The van der Waals surface area contributed by atoms with Gasteiger partial charge in [0.2, 0.25) is 11.8 Å². The van der Waals surface area contributed by atoms with Crippen LogP contribution in [0.3, 0.4) is 0 Å². The van der Waals surface area contributed by atoms with Crippen LogP contribution in [0.1, 0.15) is 69.0 Å². The quantitative estimate of drug-likeness (QED) is 0.241. The van der Waals surface area contributed by atoms with Gasteiger partial charge in [0.1, 0.15) is 35.0 Å². The first kappa shape index (κ1) is 36.3. The molecule has 2 aliphatic rings. The molecule has 5 rings (SSSR count). The molecule has 1 unspecified atom stereocenters. The van der Waals surface area contributed by atoms with Crippen molar-refractivity contribution >= 4 is 23.7 Å². The highest BCUT2D eigenvalue weighted by Crippen LogP contribution is 2.33. The maximum Gasteiger partial charge on any atom is 0.410 e. The highest BCUT2D eigenvalue weighted by atomic mass is 19.1. The van der Waals surface area contributed by atoms with Gasteiger partial charge in [-0.3, -0.25) is 14.5 Å². The predicted octanol–water partition coefficient (Wildman–Crippen LogP) is 5.47. The number of ether oxygens (including phenoxy) is 3. The number of pyridine rings is 1. The number of carbonyl (C=O) groups excluding carboxylic acids is 3. The van der Waals surface area contributed by atoms with Crippen molar-refractivity contribution in [2.45, 2.75) is 83.6 Å². The van der Waals surface area contributed by atoms with Gasteiger partial charge in [0.05, 0.1) is 20.3 Å². The van der Waals surface area contributed by atoms with Gasteiger partial charge in [0, 0.05) is 30.4 Å². The Morgan fingerprint density at radius 1 is 1.04 bits per heavy atom. The van der Waals surface area contributed by atoms with Crippen LogP contribution in [0.5, 0.6) is 11.5 Å². The van der Waals surface area contributed by atoms with Gasteiger partial charge in [0.25, 0.3) is 0 Å². The summed E-state index contributed by atoms with van der Waals surface area (Å²) in [5, 5.41) is 8.73.